The number of rotatable bonds is 5. The third kappa shape index (κ3) is 3.79. The molecular formula is C17H15F3N2O2. The number of benzene rings is 1. The Bertz CT molecular complexity index is 822. The van der Waals surface area contributed by atoms with Crippen molar-refractivity contribution in [2.45, 2.75) is 19.1 Å². The van der Waals surface area contributed by atoms with Crippen molar-refractivity contribution in [1.29, 1.82) is 0 Å². The summed E-state index contributed by atoms with van der Waals surface area (Å²) in [6, 6.07) is 10.5. The van der Waals surface area contributed by atoms with Gasteiger partial charge in [0.2, 0.25) is 5.91 Å². The summed E-state index contributed by atoms with van der Waals surface area (Å²) < 4.78 is 43.5. The molecule has 7 heteroatoms. The molecule has 0 atom stereocenters. The fraction of sp³-hybridized carbons (Fsp3) is 0.235. The number of para-hydroxylation sites is 1. The molecule has 3 rings (SSSR count). The van der Waals surface area contributed by atoms with Crippen molar-refractivity contribution in [3.63, 3.8) is 0 Å². The third-order valence-electron chi connectivity index (χ3n) is 3.67. The summed E-state index contributed by atoms with van der Waals surface area (Å²) in [6.07, 6.45) is -1.56. The van der Waals surface area contributed by atoms with Crippen LogP contribution in [0.3, 0.4) is 0 Å². The quantitative estimate of drug-likeness (QED) is 0.768. The highest BCUT2D eigenvalue weighted by molar-refractivity contribution is 5.88. The summed E-state index contributed by atoms with van der Waals surface area (Å²) in [5, 5.41) is 0.829. The summed E-state index contributed by atoms with van der Waals surface area (Å²) in [7, 11) is 0. The van der Waals surface area contributed by atoms with Crippen LogP contribution in [0.4, 0.5) is 13.2 Å². The van der Waals surface area contributed by atoms with E-state index in [2.05, 4.69) is 4.98 Å². The second kappa shape index (κ2) is 6.43. The van der Waals surface area contributed by atoms with E-state index in [0.717, 1.165) is 15.8 Å². The first-order valence-electron chi connectivity index (χ1n) is 7.34. The highest BCUT2D eigenvalue weighted by atomic mass is 19.4. The van der Waals surface area contributed by atoms with Gasteiger partial charge in [-0.2, -0.15) is 13.2 Å². The van der Waals surface area contributed by atoms with E-state index in [9.17, 15) is 18.0 Å². The molecule has 0 radical (unpaired) electrons. The van der Waals surface area contributed by atoms with Gasteiger partial charge in [0.05, 0.1) is 19.2 Å². The van der Waals surface area contributed by atoms with Gasteiger partial charge in [-0.15, -0.1) is 0 Å². The fourth-order valence-corrected chi connectivity index (χ4v) is 2.59. The Morgan fingerprint density at radius 2 is 1.96 bits per heavy atom. The molecule has 4 nitrogen and oxygen atoms in total. The van der Waals surface area contributed by atoms with Gasteiger partial charge >= 0.3 is 6.18 Å². The lowest BCUT2D eigenvalue weighted by molar-refractivity contribution is -0.162. The van der Waals surface area contributed by atoms with Gasteiger partial charge in [-0.25, -0.2) is 0 Å². The fourth-order valence-electron chi connectivity index (χ4n) is 2.59. The van der Waals surface area contributed by atoms with Crippen LogP contribution in [-0.4, -0.2) is 28.5 Å². The molecule has 1 aromatic carbocycles. The first-order valence-corrected chi connectivity index (χ1v) is 7.34. The van der Waals surface area contributed by atoms with Crippen molar-refractivity contribution in [2.75, 3.05) is 6.54 Å². The minimum atomic E-state index is -4.47. The molecule has 0 aliphatic rings. The van der Waals surface area contributed by atoms with Crippen molar-refractivity contribution in [3.8, 4) is 0 Å². The number of hydrogen-bond acceptors (Lipinski definition) is 2. The van der Waals surface area contributed by atoms with Gasteiger partial charge in [0.25, 0.3) is 0 Å². The van der Waals surface area contributed by atoms with E-state index in [1.807, 2.05) is 24.3 Å². The van der Waals surface area contributed by atoms with Crippen LogP contribution in [0.2, 0.25) is 0 Å². The van der Waals surface area contributed by atoms with Crippen molar-refractivity contribution >= 4 is 16.8 Å². The van der Waals surface area contributed by atoms with Crippen LogP contribution in [0.5, 0.6) is 0 Å². The van der Waals surface area contributed by atoms with E-state index < -0.39 is 18.6 Å². The van der Waals surface area contributed by atoms with E-state index in [-0.39, 0.29) is 13.0 Å². The van der Waals surface area contributed by atoms with Crippen LogP contribution in [0.15, 0.2) is 53.3 Å². The molecule has 126 valence electrons. The SMILES string of the molecule is O=C(Cc1c[nH]c2ccccc12)N(Cc1ccco1)CC(F)(F)F. The predicted octanol–water partition coefficient (Wildman–Crippen LogP) is 3.89. The monoisotopic (exact) mass is 336 g/mol. The highest BCUT2D eigenvalue weighted by Gasteiger charge is 2.33. The first kappa shape index (κ1) is 16.2. The van der Waals surface area contributed by atoms with Crippen molar-refractivity contribution in [1.82, 2.24) is 9.88 Å². The lowest BCUT2D eigenvalue weighted by Crippen LogP contribution is -2.39. The van der Waals surface area contributed by atoms with Gasteiger partial charge in [0.15, 0.2) is 0 Å². The highest BCUT2D eigenvalue weighted by Crippen LogP contribution is 2.22. The summed E-state index contributed by atoms with van der Waals surface area (Å²) >= 11 is 0. The summed E-state index contributed by atoms with van der Waals surface area (Å²) in [5.41, 5.74) is 1.51. The van der Waals surface area contributed by atoms with Crippen molar-refractivity contribution in [2.24, 2.45) is 0 Å². The molecule has 24 heavy (non-hydrogen) atoms. The Labute approximate surface area is 135 Å². The second-order valence-electron chi connectivity index (χ2n) is 5.48. The molecule has 3 aromatic rings. The molecule has 0 bridgehead atoms. The number of amides is 1. The van der Waals surface area contributed by atoms with Crippen LogP contribution in [0, 0.1) is 0 Å². The molecule has 0 unspecified atom stereocenters. The number of alkyl halides is 3. The van der Waals surface area contributed by atoms with Crippen LogP contribution >= 0.6 is 0 Å². The zero-order valence-corrected chi connectivity index (χ0v) is 12.6. The summed E-state index contributed by atoms with van der Waals surface area (Å²) in [4.78, 5) is 16.2. The average Bonchev–Trinajstić information content (AvgIpc) is 3.16. The largest absolute Gasteiger partial charge is 0.467 e. The van der Waals surface area contributed by atoms with Crippen molar-refractivity contribution < 1.29 is 22.4 Å². The molecule has 1 amide bonds. The second-order valence-corrected chi connectivity index (χ2v) is 5.48. The minimum absolute atomic E-state index is 0.110. The maximum absolute atomic E-state index is 12.8. The summed E-state index contributed by atoms with van der Waals surface area (Å²) in [6.45, 7) is -1.53. The van der Waals surface area contributed by atoms with Crippen LogP contribution in [0.25, 0.3) is 10.9 Å². The Kier molecular flexibility index (Phi) is 4.33. The molecule has 0 saturated heterocycles. The third-order valence-corrected chi connectivity index (χ3v) is 3.67. The molecule has 1 N–H and O–H groups in total. The van der Waals surface area contributed by atoms with E-state index in [1.54, 1.807) is 18.3 Å². The molecule has 0 saturated carbocycles. The molecular weight excluding hydrogens is 321 g/mol. The lowest BCUT2D eigenvalue weighted by Gasteiger charge is -2.23. The Morgan fingerprint density at radius 3 is 2.67 bits per heavy atom. The van der Waals surface area contributed by atoms with E-state index in [4.69, 9.17) is 4.42 Å². The topological polar surface area (TPSA) is 49.2 Å². The van der Waals surface area contributed by atoms with Gasteiger partial charge in [-0.1, -0.05) is 18.2 Å². The van der Waals surface area contributed by atoms with E-state index >= 15 is 0 Å². The number of nitrogens with zero attached hydrogens (tertiary/aromatic N) is 1. The first-order chi connectivity index (χ1) is 11.4. The van der Waals surface area contributed by atoms with Gasteiger partial charge in [0, 0.05) is 17.1 Å². The predicted molar refractivity (Wildman–Crippen MR) is 82.2 cm³/mol. The van der Waals surface area contributed by atoms with E-state index in [1.165, 1.54) is 6.26 Å². The summed E-state index contributed by atoms with van der Waals surface area (Å²) in [5.74, 6) is -0.292. The minimum Gasteiger partial charge on any atom is -0.467 e. The van der Waals surface area contributed by atoms with Gasteiger partial charge in [-0.3, -0.25) is 4.79 Å². The number of furan rings is 1. The van der Waals surface area contributed by atoms with Crippen LogP contribution < -0.4 is 0 Å². The normalized spacial score (nSPS) is 11.8. The molecule has 0 fully saturated rings. The number of carbonyl (C=O) groups is 1. The molecule has 2 aromatic heterocycles. The number of hydrogen-bond donors (Lipinski definition) is 1. The zero-order valence-electron chi connectivity index (χ0n) is 12.6. The average molecular weight is 336 g/mol. The zero-order chi connectivity index (χ0) is 17.2. The standard InChI is InChI=1S/C17H15F3N2O2/c18-17(19,20)11-22(10-13-4-3-7-24-13)16(23)8-12-9-21-15-6-2-1-5-14(12)15/h1-7,9,21H,8,10-11H2. The number of aromatic amines is 1. The maximum atomic E-state index is 12.8. The van der Waals surface area contributed by atoms with Crippen LogP contribution in [0.1, 0.15) is 11.3 Å². The van der Waals surface area contributed by atoms with Gasteiger partial charge < -0.3 is 14.3 Å². The Hall–Kier alpha value is -2.70. The molecule has 0 spiro atoms. The number of H-pyrrole nitrogens is 1. The number of fused-ring (bicyclic) bond motifs is 1. The molecule has 0 aliphatic carbocycles. The van der Waals surface area contributed by atoms with Gasteiger partial charge in [0.1, 0.15) is 12.3 Å². The Balaban J connectivity index is 1.79. The smallest absolute Gasteiger partial charge is 0.406 e. The number of carbonyl (C=O) groups excluding carboxylic acids is 1. The number of nitrogens with one attached hydrogen (secondary N) is 1. The maximum Gasteiger partial charge on any atom is 0.406 e. The Morgan fingerprint density at radius 1 is 1.17 bits per heavy atom. The molecule has 0 aliphatic heterocycles. The lowest BCUT2D eigenvalue weighted by atomic mass is 10.1. The molecule has 2 heterocycles. The number of halogens is 3. The van der Waals surface area contributed by atoms with Crippen LogP contribution in [-0.2, 0) is 17.8 Å². The number of aromatic nitrogens is 1. The van der Waals surface area contributed by atoms with E-state index in [0.29, 0.717) is 11.3 Å². The van der Waals surface area contributed by atoms with Crippen molar-refractivity contribution in [3.05, 3.63) is 60.2 Å². The van der Waals surface area contributed by atoms with Gasteiger partial charge in [-0.05, 0) is 23.8 Å².